The normalized spacial score (nSPS) is 25.0. The fraction of sp³-hybridized carbons (Fsp3) is 0.269. The molecule has 1 amide bonds. The molecule has 0 spiro atoms. The molecule has 1 aliphatic heterocycles. The molecule has 8 heteroatoms. The van der Waals surface area contributed by atoms with Crippen LogP contribution in [0.4, 0.5) is 0 Å². The van der Waals surface area contributed by atoms with Crippen LogP contribution in [0.5, 0.6) is 0 Å². The van der Waals surface area contributed by atoms with E-state index in [1.165, 1.54) is 0 Å². The third-order valence-electron chi connectivity index (χ3n) is 6.20. The number of carbonyl (C=O) groups is 1. The number of rotatable bonds is 6. The Hall–Kier alpha value is -2.80. The molecule has 7 nitrogen and oxygen atoms in total. The zero-order valence-corrected chi connectivity index (χ0v) is 19.6. The van der Waals surface area contributed by atoms with Crippen molar-refractivity contribution in [3.8, 4) is 0 Å². The molecular weight excluding hydrogens is 453 g/mol. The number of hydrogen-bond acceptors (Lipinski definition) is 6. The summed E-state index contributed by atoms with van der Waals surface area (Å²) in [6, 6.07) is 23.8. The van der Waals surface area contributed by atoms with Crippen LogP contribution in [0.2, 0.25) is 0 Å². The lowest BCUT2D eigenvalue weighted by Crippen LogP contribution is -2.63. The van der Waals surface area contributed by atoms with Gasteiger partial charge in [0.25, 0.3) is 5.91 Å². The first kappa shape index (κ1) is 24.3. The summed E-state index contributed by atoms with van der Waals surface area (Å²) in [6.45, 7) is 1.19. The number of benzene rings is 3. The van der Waals surface area contributed by atoms with Gasteiger partial charge in [0.15, 0.2) is 7.14 Å². The van der Waals surface area contributed by atoms with E-state index in [0.717, 1.165) is 0 Å². The number of aliphatic hydroxyl groups is 3. The number of hydrogen-bond donors (Lipinski definition) is 4. The summed E-state index contributed by atoms with van der Waals surface area (Å²) in [6.07, 6.45) is -4.31. The van der Waals surface area contributed by atoms with Crippen molar-refractivity contribution in [2.24, 2.45) is 0 Å². The average molecular weight is 481 g/mol. The van der Waals surface area contributed by atoms with E-state index in [1.807, 2.05) is 36.4 Å². The number of amides is 1. The van der Waals surface area contributed by atoms with E-state index < -0.39 is 50.1 Å². The van der Waals surface area contributed by atoms with E-state index in [0.29, 0.717) is 15.9 Å². The van der Waals surface area contributed by atoms with Gasteiger partial charge < -0.3 is 29.9 Å². The first-order chi connectivity index (χ1) is 16.4. The van der Waals surface area contributed by atoms with Gasteiger partial charge in [0.05, 0.1) is 24.3 Å². The van der Waals surface area contributed by atoms with E-state index in [-0.39, 0.29) is 5.56 Å². The Kier molecular flexibility index (Phi) is 7.31. The zero-order chi connectivity index (χ0) is 24.3. The molecule has 3 unspecified atom stereocenters. The Bertz CT molecular complexity index is 1130. The summed E-state index contributed by atoms with van der Waals surface area (Å²) in [5.74, 6) is -0.545. The van der Waals surface area contributed by atoms with Gasteiger partial charge in [-0.15, -0.1) is 0 Å². The Morgan fingerprint density at radius 3 is 1.97 bits per heavy atom. The van der Waals surface area contributed by atoms with Crippen molar-refractivity contribution in [3.05, 3.63) is 90.5 Å². The van der Waals surface area contributed by atoms with Crippen LogP contribution >= 0.6 is 7.14 Å². The second-order valence-electron chi connectivity index (χ2n) is 8.34. The predicted octanol–water partition coefficient (Wildman–Crippen LogP) is 0.926. The first-order valence-electron chi connectivity index (χ1n) is 11.1. The molecule has 0 bridgehead atoms. The highest BCUT2D eigenvalue weighted by molar-refractivity contribution is 7.85. The van der Waals surface area contributed by atoms with Gasteiger partial charge in [0.2, 0.25) is 0 Å². The first-order valence-corrected chi connectivity index (χ1v) is 12.8. The molecule has 34 heavy (non-hydrogen) atoms. The van der Waals surface area contributed by atoms with Crippen LogP contribution in [0, 0.1) is 0 Å². The maximum atomic E-state index is 14.8. The van der Waals surface area contributed by atoms with Gasteiger partial charge in [-0.1, -0.05) is 78.9 Å². The summed E-state index contributed by atoms with van der Waals surface area (Å²) in [4.78, 5) is 13.5. The van der Waals surface area contributed by atoms with Crippen molar-refractivity contribution in [2.75, 3.05) is 6.61 Å². The largest absolute Gasteiger partial charge is 0.394 e. The van der Waals surface area contributed by atoms with Crippen LogP contribution in [0.25, 0.3) is 0 Å². The Balaban J connectivity index is 1.75. The number of aliphatic hydroxyl groups excluding tert-OH is 3. The SMILES string of the molecule is CC1OC(CO)[C@H](O)C(O)[C@H]1NC(=O)c1ccccc1P(=O)(c1ccccc1)c1ccccc1. The van der Waals surface area contributed by atoms with Crippen LogP contribution in [-0.4, -0.2) is 58.3 Å². The molecule has 4 rings (SSSR count). The molecule has 0 aliphatic carbocycles. The minimum Gasteiger partial charge on any atom is -0.394 e. The lowest BCUT2D eigenvalue weighted by Gasteiger charge is -2.41. The highest BCUT2D eigenvalue weighted by Crippen LogP contribution is 2.43. The molecular formula is C26H28NO6P. The Labute approximate surface area is 198 Å². The van der Waals surface area contributed by atoms with Gasteiger partial charge in [-0.3, -0.25) is 4.79 Å². The summed E-state index contributed by atoms with van der Waals surface area (Å²) in [5.41, 5.74) is 0.205. The molecule has 4 N–H and O–H groups in total. The van der Waals surface area contributed by atoms with E-state index in [9.17, 15) is 24.7 Å². The molecule has 1 heterocycles. The highest BCUT2D eigenvalue weighted by atomic mass is 31.2. The highest BCUT2D eigenvalue weighted by Gasteiger charge is 2.43. The van der Waals surface area contributed by atoms with E-state index in [4.69, 9.17) is 4.74 Å². The third kappa shape index (κ3) is 4.45. The second kappa shape index (κ2) is 10.2. The van der Waals surface area contributed by atoms with E-state index in [2.05, 4.69) is 5.32 Å². The third-order valence-corrected chi connectivity index (χ3v) is 9.32. The molecule has 1 aliphatic rings. The molecule has 178 valence electrons. The Morgan fingerprint density at radius 1 is 0.882 bits per heavy atom. The summed E-state index contributed by atoms with van der Waals surface area (Å²) >= 11 is 0. The van der Waals surface area contributed by atoms with Crippen molar-refractivity contribution >= 4 is 29.0 Å². The molecule has 1 fully saturated rings. The summed E-state index contributed by atoms with van der Waals surface area (Å²) < 4.78 is 20.4. The van der Waals surface area contributed by atoms with Crippen LogP contribution < -0.4 is 21.2 Å². The lowest BCUT2D eigenvalue weighted by molar-refractivity contribution is -0.187. The monoisotopic (exact) mass is 481 g/mol. The molecule has 0 radical (unpaired) electrons. The molecule has 3 aromatic rings. The van der Waals surface area contributed by atoms with Crippen LogP contribution in [0.3, 0.4) is 0 Å². The van der Waals surface area contributed by atoms with Gasteiger partial charge in [0.1, 0.15) is 18.3 Å². The Morgan fingerprint density at radius 2 is 1.41 bits per heavy atom. The smallest absolute Gasteiger partial charge is 0.252 e. The van der Waals surface area contributed by atoms with Gasteiger partial charge in [-0.2, -0.15) is 0 Å². The van der Waals surface area contributed by atoms with E-state index >= 15 is 0 Å². The fourth-order valence-electron chi connectivity index (χ4n) is 4.38. The molecule has 5 atom stereocenters. The molecule has 3 aromatic carbocycles. The lowest BCUT2D eigenvalue weighted by atomic mass is 9.93. The van der Waals surface area contributed by atoms with Crippen LogP contribution in [0.1, 0.15) is 17.3 Å². The van der Waals surface area contributed by atoms with Crippen molar-refractivity contribution in [3.63, 3.8) is 0 Å². The average Bonchev–Trinajstić information content (AvgIpc) is 2.89. The summed E-state index contributed by atoms with van der Waals surface area (Å²) in [7, 11) is -3.42. The number of ether oxygens (including phenoxy) is 1. The minimum absolute atomic E-state index is 0.205. The number of carbonyl (C=O) groups excluding carboxylic acids is 1. The summed E-state index contributed by atoms with van der Waals surface area (Å²) in [5, 5.41) is 34.5. The molecule has 0 aromatic heterocycles. The topological polar surface area (TPSA) is 116 Å². The number of nitrogens with one attached hydrogen (secondary N) is 1. The van der Waals surface area contributed by atoms with Crippen molar-refractivity contribution < 1.29 is 29.4 Å². The maximum Gasteiger partial charge on any atom is 0.252 e. The predicted molar refractivity (Wildman–Crippen MR) is 131 cm³/mol. The van der Waals surface area contributed by atoms with Crippen LogP contribution in [-0.2, 0) is 9.30 Å². The quantitative estimate of drug-likeness (QED) is 0.390. The van der Waals surface area contributed by atoms with Gasteiger partial charge in [-0.05, 0) is 13.0 Å². The van der Waals surface area contributed by atoms with E-state index in [1.54, 1.807) is 55.5 Å². The standard InChI is InChI=1S/C26H28NO6P/c1-17-23(25(30)24(29)21(16-28)33-17)27-26(31)20-14-8-9-15-22(20)34(32,18-10-4-2-5-11-18)19-12-6-3-7-13-19/h2-15,17,21,23-25,28-30H,16H2,1H3,(H,27,31)/t17?,21?,23-,24-,25?/m0/s1. The second-order valence-corrected chi connectivity index (χ2v) is 11.1. The minimum atomic E-state index is -3.42. The van der Waals surface area contributed by atoms with Crippen molar-refractivity contribution in [1.82, 2.24) is 5.32 Å². The molecule has 0 saturated carbocycles. The fourth-order valence-corrected chi connectivity index (χ4v) is 7.23. The van der Waals surface area contributed by atoms with Crippen molar-refractivity contribution in [1.29, 1.82) is 0 Å². The zero-order valence-electron chi connectivity index (χ0n) is 18.7. The van der Waals surface area contributed by atoms with Gasteiger partial charge in [-0.25, -0.2) is 0 Å². The maximum absolute atomic E-state index is 14.8. The van der Waals surface area contributed by atoms with Crippen LogP contribution in [0.15, 0.2) is 84.9 Å². The molecule has 1 saturated heterocycles. The van der Waals surface area contributed by atoms with Gasteiger partial charge >= 0.3 is 0 Å². The van der Waals surface area contributed by atoms with Crippen molar-refractivity contribution in [2.45, 2.75) is 37.4 Å². The van der Waals surface area contributed by atoms with Gasteiger partial charge in [0, 0.05) is 15.9 Å².